The van der Waals surface area contributed by atoms with Crippen LogP contribution in [0.15, 0.2) is 0 Å². The summed E-state index contributed by atoms with van der Waals surface area (Å²) in [6, 6.07) is 0. The van der Waals surface area contributed by atoms with E-state index in [-0.39, 0.29) is 27.6 Å². The number of esters is 1. The first-order valence-corrected chi connectivity index (χ1v) is 10.3. The van der Waals surface area contributed by atoms with E-state index in [0.717, 1.165) is 38.5 Å². The van der Waals surface area contributed by atoms with E-state index < -0.39 is 0 Å². The number of carbonyl (C=O) groups is 2. The van der Waals surface area contributed by atoms with Crippen LogP contribution in [0.2, 0.25) is 0 Å². The van der Waals surface area contributed by atoms with Crippen LogP contribution in [0.4, 0.5) is 0 Å². The molecular formula is C22H34O3. The molecule has 0 aliphatic heterocycles. The quantitative estimate of drug-likeness (QED) is 0.666. The van der Waals surface area contributed by atoms with Crippen molar-refractivity contribution in [2.24, 2.45) is 33.5 Å². The Bertz CT molecular complexity index is 612. The summed E-state index contributed by atoms with van der Waals surface area (Å²) >= 11 is 0. The van der Waals surface area contributed by atoms with E-state index >= 15 is 0 Å². The number of hydrogen-bond acceptors (Lipinski definition) is 3. The number of rotatable bonds is 2. The topological polar surface area (TPSA) is 43.4 Å². The third kappa shape index (κ3) is 2.23. The molecule has 0 aromatic rings. The van der Waals surface area contributed by atoms with Gasteiger partial charge in [-0.1, -0.05) is 27.2 Å². The second-order valence-electron chi connectivity index (χ2n) is 10.5. The molecule has 6 atom stereocenters. The van der Waals surface area contributed by atoms with Gasteiger partial charge in [0.05, 0.1) is 6.61 Å². The average molecular weight is 347 g/mol. The van der Waals surface area contributed by atoms with Gasteiger partial charge in [-0.05, 0) is 68.6 Å². The minimum Gasteiger partial charge on any atom is -0.465 e. The maximum Gasteiger partial charge on any atom is 0.302 e. The van der Waals surface area contributed by atoms with Crippen LogP contribution < -0.4 is 0 Å². The second-order valence-corrected chi connectivity index (χ2v) is 10.5. The fraction of sp³-hybridized carbons (Fsp3) is 0.909. The van der Waals surface area contributed by atoms with E-state index in [9.17, 15) is 9.59 Å². The minimum atomic E-state index is -0.166. The van der Waals surface area contributed by atoms with Crippen LogP contribution in [0.3, 0.4) is 0 Å². The van der Waals surface area contributed by atoms with Gasteiger partial charge in [0.1, 0.15) is 5.78 Å². The molecule has 0 saturated heterocycles. The van der Waals surface area contributed by atoms with E-state index in [1.165, 1.54) is 26.2 Å². The van der Waals surface area contributed by atoms with Crippen molar-refractivity contribution in [2.75, 3.05) is 6.61 Å². The van der Waals surface area contributed by atoms with Gasteiger partial charge in [0.25, 0.3) is 0 Å². The summed E-state index contributed by atoms with van der Waals surface area (Å²) in [5.41, 5.74) is 0.239. The standard InChI is InChI=1S/C22H34O3/c1-15(23)25-14-20(3)8-5-9-21(4)16(20)7-11-22-13-12-19(2,18(22)24)10-6-17(21)22/h16-17H,5-14H2,1-4H3/t16-,17+,19-,20-,21-,22-/m1/s1. The van der Waals surface area contributed by atoms with E-state index in [2.05, 4.69) is 20.8 Å². The summed E-state index contributed by atoms with van der Waals surface area (Å²) < 4.78 is 5.51. The molecule has 4 rings (SSSR count). The molecule has 3 nitrogen and oxygen atoms in total. The highest BCUT2D eigenvalue weighted by Gasteiger charge is 2.68. The second kappa shape index (κ2) is 5.33. The average Bonchev–Trinajstić information content (AvgIpc) is 2.70. The Morgan fingerprint density at radius 2 is 1.72 bits per heavy atom. The minimum absolute atomic E-state index is 0.0298. The van der Waals surface area contributed by atoms with Gasteiger partial charge >= 0.3 is 5.97 Å². The van der Waals surface area contributed by atoms with Gasteiger partial charge < -0.3 is 4.74 Å². The van der Waals surface area contributed by atoms with Gasteiger partial charge in [0.15, 0.2) is 0 Å². The highest BCUT2D eigenvalue weighted by Crippen LogP contribution is 2.72. The van der Waals surface area contributed by atoms with Gasteiger partial charge in [0, 0.05) is 23.2 Å². The zero-order valence-corrected chi connectivity index (χ0v) is 16.5. The van der Waals surface area contributed by atoms with Gasteiger partial charge in [-0.25, -0.2) is 0 Å². The summed E-state index contributed by atoms with van der Waals surface area (Å²) in [6.45, 7) is 9.09. The third-order valence-electron chi connectivity index (χ3n) is 9.16. The third-order valence-corrected chi connectivity index (χ3v) is 9.16. The molecule has 4 aliphatic carbocycles. The Hall–Kier alpha value is -0.860. The lowest BCUT2D eigenvalue weighted by molar-refractivity contribution is -0.181. The Balaban J connectivity index is 1.68. The molecule has 0 heterocycles. The van der Waals surface area contributed by atoms with Crippen molar-refractivity contribution < 1.29 is 14.3 Å². The van der Waals surface area contributed by atoms with E-state index in [1.807, 2.05) is 0 Å². The lowest BCUT2D eigenvalue weighted by atomic mass is 9.40. The molecule has 0 amide bonds. The van der Waals surface area contributed by atoms with E-state index in [1.54, 1.807) is 0 Å². The van der Waals surface area contributed by atoms with Gasteiger partial charge in [-0.15, -0.1) is 0 Å². The number of Topliss-reactive ketones (excluding diaryl/α,β-unsaturated/α-hetero) is 1. The molecule has 0 aromatic carbocycles. The first kappa shape index (κ1) is 17.5. The number of ether oxygens (including phenoxy) is 1. The lowest BCUT2D eigenvalue weighted by Gasteiger charge is -2.64. The van der Waals surface area contributed by atoms with Crippen molar-refractivity contribution in [3.63, 3.8) is 0 Å². The van der Waals surface area contributed by atoms with Crippen LogP contribution in [0.5, 0.6) is 0 Å². The summed E-state index contributed by atoms with van der Waals surface area (Å²) in [5.74, 6) is 1.55. The number of carbonyl (C=O) groups excluding carboxylic acids is 2. The van der Waals surface area contributed by atoms with Crippen LogP contribution in [0.1, 0.15) is 85.5 Å². The van der Waals surface area contributed by atoms with Crippen LogP contribution in [-0.4, -0.2) is 18.4 Å². The number of fused-ring (bicyclic) bond motifs is 3. The predicted octanol–water partition coefficient (Wildman–Crippen LogP) is 4.92. The number of hydrogen-bond donors (Lipinski definition) is 0. The van der Waals surface area contributed by atoms with Crippen molar-refractivity contribution in [1.82, 2.24) is 0 Å². The Morgan fingerprint density at radius 1 is 1.00 bits per heavy atom. The predicted molar refractivity (Wildman–Crippen MR) is 96.9 cm³/mol. The van der Waals surface area contributed by atoms with Crippen LogP contribution in [0.25, 0.3) is 0 Å². The maximum absolute atomic E-state index is 13.4. The van der Waals surface area contributed by atoms with Gasteiger partial charge in [-0.3, -0.25) is 9.59 Å². The van der Waals surface area contributed by atoms with Crippen molar-refractivity contribution in [1.29, 1.82) is 0 Å². The fourth-order valence-electron chi connectivity index (χ4n) is 7.96. The fourth-order valence-corrected chi connectivity index (χ4v) is 7.96. The Kier molecular flexibility index (Phi) is 3.74. The Labute approximate surface area is 152 Å². The molecule has 1 spiro atoms. The lowest BCUT2D eigenvalue weighted by Crippen LogP contribution is -2.60. The molecular weight excluding hydrogens is 312 g/mol. The first-order valence-electron chi connectivity index (χ1n) is 10.3. The van der Waals surface area contributed by atoms with Crippen molar-refractivity contribution in [2.45, 2.75) is 85.5 Å². The normalized spacial score (nSPS) is 51.6. The molecule has 140 valence electrons. The molecule has 0 radical (unpaired) electrons. The van der Waals surface area contributed by atoms with Crippen molar-refractivity contribution >= 4 is 11.8 Å². The molecule has 4 fully saturated rings. The monoisotopic (exact) mass is 346 g/mol. The smallest absolute Gasteiger partial charge is 0.302 e. The number of ketones is 1. The maximum atomic E-state index is 13.4. The van der Waals surface area contributed by atoms with Crippen LogP contribution >= 0.6 is 0 Å². The van der Waals surface area contributed by atoms with Crippen LogP contribution in [0, 0.1) is 33.5 Å². The van der Waals surface area contributed by atoms with E-state index in [0.29, 0.717) is 24.2 Å². The zero-order chi connectivity index (χ0) is 18.1. The largest absolute Gasteiger partial charge is 0.465 e. The summed E-state index contributed by atoms with van der Waals surface area (Å²) in [4.78, 5) is 24.8. The summed E-state index contributed by atoms with van der Waals surface area (Å²) in [5, 5.41) is 0. The van der Waals surface area contributed by atoms with Crippen LogP contribution in [-0.2, 0) is 14.3 Å². The molecule has 0 N–H and O–H groups in total. The molecule has 25 heavy (non-hydrogen) atoms. The zero-order valence-electron chi connectivity index (χ0n) is 16.5. The molecule has 0 aromatic heterocycles. The Morgan fingerprint density at radius 3 is 2.44 bits per heavy atom. The highest BCUT2D eigenvalue weighted by atomic mass is 16.5. The molecule has 4 aliphatic rings. The summed E-state index contributed by atoms with van der Waals surface area (Å²) in [6.07, 6.45) is 10.3. The van der Waals surface area contributed by atoms with Gasteiger partial charge in [-0.2, -0.15) is 0 Å². The summed E-state index contributed by atoms with van der Waals surface area (Å²) in [7, 11) is 0. The SMILES string of the molecule is CC(=O)OC[C@@]1(C)CCC[C@]2(C)[C@@H]1CC[C@@]13CC[C@@](C)(CC[C@H]12)C3=O. The molecule has 3 heteroatoms. The molecule has 4 saturated carbocycles. The van der Waals surface area contributed by atoms with Crippen molar-refractivity contribution in [3.8, 4) is 0 Å². The molecule has 2 bridgehead atoms. The van der Waals surface area contributed by atoms with E-state index in [4.69, 9.17) is 4.74 Å². The first-order chi connectivity index (χ1) is 11.7. The molecule has 0 unspecified atom stereocenters. The highest BCUT2D eigenvalue weighted by molar-refractivity contribution is 5.93. The van der Waals surface area contributed by atoms with Crippen molar-refractivity contribution in [3.05, 3.63) is 0 Å². The van der Waals surface area contributed by atoms with Gasteiger partial charge in [0.2, 0.25) is 0 Å².